The Morgan fingerprint density at radius 3 is 0.778 bits per heavy atom. The first kappa shape index (κ1) is 76.8. The van der Waals surface area contributed by atoms with E-state index in [2.05, 4.69) is 142 Å². The standard InChI is InChI=1S/C75H126O6/c1-4-7-10-13-16-19-22-25-28-31-34-36-37-39-41-44-47-50-53-56-59-62-65-68-74(77)80-71-72(70-79-73(76)67-64-61-58-55-52-49-46-43-40-33-30-27-24-21-18-15-12-9-6-3)81-75(78)69-66-63-60-57-54-51-48-45-42-38-35-32-29-26-23-20-17-14-11-8-5-2/h7,9-10,12,16,18-19,21,25,27-28,30,32,34-36,40,43,49,52,72H,4-6,8,11,13-15,17,20,22-24,26,29,31,33,37-39,41-42,44-48,50-51,53-71H2,1-3H3/b10-7-,12-9-,19-16-,21-18-,28-25-,30-27-,35-32-,36-34-,43-40-,52-49-. The molecule has 0 heterocycles. The average molecular weight is 1120 g/mol. The molecule has 0 rings (SSSR count). The molecule has 0 aliphatic carbocycles. The second-order valence-electron chi connectivity index (χ2n) is 22.3. The van der Waals surface area contributed by atoms with E-state index in [4.69, 9.17) is 14.2 Å². The number of rotatable bonds is 61. The van der Waals surface area contributed by atoms with Crippen LogP contribution in [0.25, 0.3) is 0 Å². The van der Waals surface area contributed by atoms with E-state index < -0.39 is 6.10 Å². The summed E-state index contributed by atoms with van der Waals surface area (Å²) in [4.78, 5) is 38.5. The quantitative estimate of drug-likeness (QED) is 0.0261. The van der Waals surface area contributed by atoms with E-state index >= 15 is 0 Å². The number of hydrogen-bond donors (Lipinski definition) is 0. The Bertz CT molecular complexity index is 1670. The highest BCUT2D eigenvalue weighted by molar-refractivity contribution is 5.71. The highest BCUT2D eigenvalue weighted by Gasteiger charge is 2.19. The van der Waals surface area contributed by atoms with Gasteiger partial charge in [0, 0.05) is 19.3 Å². The molecule has 0 radical (unpaired) electrons. The zero-order chi connectivity index (χ0) is 58.5. The molecule has 0 fully saturated rings. The maximum atomic E-state index is 13.0. The summed E-state index contributed by atoms with van der Waals surface area (Å²) >= 11 is 0. The predicted molar refractivity (Wildman–Crippen MR) is 353 cm³/mol. The van der Waals surface area contributed by atoms with Gasteiger partial charge < -0.3 is 14.2 Å². The van der Waals surface area contributed by atoms with Crippen LogP contribution in [0.2, 0.25) is 0 Å². The van der Waals surface area contributed by atoms with Gasteiger partial charge in [0.1, 0.15) is 13.2 Å². The average Bonchev–Trinajstić information content (AvgIpc) is 3.47. The van der Waals surface area contributed by atoms with E-state index in [1.807, 2.05) is 0 Å². The topological polar surface area (TPSA) is 78.9 Å². The lowest BCUT2D eigenvalue weighted by Crippen LogP contribution is -2.30. The molecule has 0 aliphatic rings. The van der Waals surface area contributed by atoms with Crippen molar-refractivity contribution in [2.45, 2.75) is 322 Å². The molecular formula is C75H126O6. The minimum Gasteiger partial charge on any atom is -0.462 e. The van der Waals surface area contributed by atoms with Crippen molar-refractivity contribution < 1.29 is 28.6 Å². The Hall–Kier alpha value is -4.19. The molecule has 0 saturated heterocycles. The number of ether oxygens (including phenoxy) is 3. The normalized spacial score (nSPS) is 12.9. The highest BCUT2D eigenvalue weighted by atomic mass is 16.6. The van der Waals surface area contributed by atoms with Crippen molar-refractivity contribution in [3.05, 3.63) is 122 Å². The van der Waals surface area contributed by atoms with Gasteiger partial charge in [-0.2, -0.15) is 0 Å². The van der Waals surface area contributed by atoms with Gasteiger partial charge in [-0.25, -0.2) is 0 Å². The van der Waals surface area contributed by atoms with Gasteiger partial charge in [-0.1, -0.05) is 290 Å². The van der Waals surface area contributed by atoms with Crippen LogP contribution < -0.4 is 0 Å². The van der Waals surface area contributed by atoms with Crippen LogP contribution in [0.3, 0.4) is 0 Å². The number of allylic oxidation sites excluding steroid dienone is 20. The Morgan fingerprint density at radius 2 is 0.481 bits per heavy atom. The molecule has 0 amide bonds. The van der Waals surface area contributed by atoms with Gasteiger partial charge >= 0.3 is 17.9 Å². The first-order valence-electron chi connectivity index (χ1n) is 34.0. The maximum absolute atomic E-state index is 13.0. The predicted octanol–water partition coefficient (Wildman–Crippen LogP) is 23.6. The molecule has 0 bridgehead atoms. The lowest BCUT2D eigenvalue weighted by molar-refractivity contribution is -0.167. The lowest BCUT2D eigenvalue weighted by Gasteiger charge is -2.18. The van der Waals surface area contributed by atoms with E-state index in [9.17, 15) is 14.4 Å². The van der Waals surface area contributed by atoms with E-state index in [1.165, 1.54) is 154 Å². The molecule has 1 atom stereocenters. The van der Waals surface area contributed by atoms with Crippen molar-refractivity contribution in [3.63, 3.8) is 0 Å². The summed E-state index contributed by atoms with van der Waals surface area (Å²) in [6.07, 6.45) is 94.9. The molecule has 6 nitrogen and oxygen atoms in total. The van der Waals surface area contributed by atoms with Gasteiger partial charge in [0.15, 0.2) is 6.10 Å². The number of carbonyl (C=O) groups excluding carboxylic acids is 3. The van der Waals surface area contributed by atoms with Crippen molar-refractivity contribution in [3.8, 4) is 0 Å². The SMILES string of the molecule is CC/C=C\C/C=C\C/C=C\C/C=C\C/C=C\CCCCCC(=O)OCC(COC(=O)CCCCCCCCCCCC/C=C\C/C=C\C/C=C\C/C=C\CC)OC(=O)CCCCCCCCCCC/C=C\CCCCCCCCCC. The monoisotopic (exact) mass is 1120 g/mol. The van der Waals surface area contributed by atoms with Crippen LogP contribution in [0.15, 0.2) is 122 Å². The van der Waals surface area contributed by atoms with Crippen molar-refractivity contribution in [1.29, 1.82) is 0 Å². The second-order valence-corrected chi connectivity index (χ2v) is 22.3. The molecule has 0 aliphatic heterocycles. The number of hydrogen-bond acceptors (Lipinski definition) is 6. The Labute approximate surface area is 501 Å². The minimum atomic E-state index is -0.800. The van der Waals surface area contributed by atoms with Crippen LogP contribution in [0.4, 0.5) is 0 Å². The number of unbranched alkanes of at least 4 members (excludes halogenated alkanes) is 30. The van der Waals surface area contributed by atoms with Gasteiger partial charge in [0.25, 0.3) is 0 Å². The van der Waals surface area contributed by atoms with Crippen molar-refractivity contribution in [2.75, 3.05) is 13.2 Å². The van der Waals surface area contributed by atoms with Crippen LogP contribution in [-0.2, 0) is 28.6 Å². The third-order valence-corrected chi connectivity index (χ3v) is 14.4. The van der Waals surface area contributed by atoms with Crippen LogP contribution in [0.5, 0.6) is 0 Å². The molecule has 462 valence electrons. The molecule has 81 heavy (non-hydrogen) atoms. The fraction of sp³-hybridized carbons (Fsp3) is 0.693. The molecular weight excluding hydrogens is 997 g/mol. The summed E-state index contributed by atoms with van der Waals surface area (Å²) < 4.78 is 17.0. The zero-order valence-corrected chi connectivity index (χ0v) is 53.0. The van der Waals surface area contributed by atoms with E-state index in [-0.39, 0.29) is 31.1 Å². The lowest BCUT2D eigenvalue weighted by atomic mass is 10.0. The van der Waals surface area contributed by atoms with Crippen LogP contribution in [0.1, 0.15) is 316 Å². The summed E-state index contributed by atoms with van der Waals surface area (Å²) in [6.45, 7) is 6.41. The van der Waals surface area contributed by atoms with Gasteiger partial charge in [-0.15, -0.1) is 0 Å². The van der Waals surface area contributed by atoms with Crippen LogP contribution in [-0.4, -0.2) is 37.2 Å². The zero-order valence-electron chi connectivity index (χ0n) is 53.0. The van der Waals surface area contributed by atoms with Crippen LogP contribution in [0, 0.1) is 0 Å². The van der Waals surface area contributed by atoms with E-state index in [0.29, 0.717) is 19.3 Å². The molecule has 0 N–H and O–H groups in total. The van der Waals surface area contributed by atoms with Crippen molar-refractivity contribution in [1.82, 2.24) is 0 Å². The molecule has 0 saturated carbocycles. The summed E-state index contributed by atoms with van der Waals surface area (Å²) in [5, 5.41) is 0. The third-order valence-electron chi connectivity index (χ3n) is 14.4. The first-order valence-corrected chi connectivity index (χ1v) is 34.0. The smallest absolute Gasteiger partial charge is 0.306 e. The summed E-state index contributed by atoms with van der Waals surface area (Å²) in [7, 11) is 0. The minimum absolute atomic E-state index is 0.0931. The molecule has 0 spiro atoms. The van der Waals surface area contributed by atoms with Gasteiger partial charge in [0.2, 0.25) is 0 Å². The summed E-state index contributed by atoms with van der Waals surface area (Å²) in [5.74, 6) is -0.923. The maximum Gasteiger partial charge on any atom is 0.306 e. The molecule has 0 aromatic heterocycles. The Balaban J connectivity index is 4.44. The molecule has 0 aromatic rings. The van der Waals surface area contributed by atoms with Gasteiger partial charge in [0.05, 0.1) is 0 Å². The summed E-state index contributed by atoms with van der Waals surface area (Å²) in [6, 6.07) is 0. The Kier molecular flexibility index (Phi) is 64.8. The van der Waals surface area contributed by atoms with Gasteiger partial charge in [-0.3, -0.25) is 14.4 Å². The second kappa shape index (κ2) is 68.3. The molecule has 6 heteroatoms. The molecule has 0 aromatic carbocycles. The fourth-order valence-corrected chi connectivity index (χ4v) is 9.40. The number of carbonyl (C=O) groups is 3. The Morgan fingerprint density at radius 1 is 0.259 bits per heavy atom. The van der Waals surface area contributed by atoms with E-state index in [0.717, 1.165) is 122 Å². The molecule has 1 unspecified atom stereocenters. The van der Waals surface area contributed by atoms with Crippen molar-refractivity contribution in [2.24, 2.45) is 0 Å². The van der Waals surface area contributed by atoms with Gasteiger partial charge in [-0.05, 0) is 128 Å². The fourth-order valence-electron chi connectivity index (χ4n) is 9.40. The first-order chi connectivity index (χ1) is 40.0. The highest BCUT2D eigenvalue weighted by Crippen LogP contribution is 2.16. The van der Waals surface area contributed by atoms with E-state index in [1.54, 1.807) is 0 Å². The largest absolute Gasteiger partial charge is 0.462 e. The number of esters is 3. The summed E-state index contributed by atoms with van der Waals surface area (Å²) in [5.41, 5.74) is 0. The third kappa shape index (κ3) is 66.5. The van der Waals surface area contributed by atoms with Crippen LogP contribution >= 0.6 is 0 Å². The van der Waals surface area contributed by atoms with Crippen molar-refractivity contribution >= 4 is 17.9 Å².